The zero-order valence-electron chi connectivity index (χ0n) is 12.5. The van der Waals surface area contributed by atoms with Crippen LogP contribution < -0.4 is 5.73 Å². The Morgan fingerprint density at radius 2 is 2.11 bits per heavy atom. The minimum absolute atomic E-state index is 0.169. The third-order valence-electron chi connectivity index (χ3n) is 4.42. The van der Waals surface area contributed by atoms with Gasteiger partial charge in [0.1, 0.15) is 0 Å². The normalized spacial score (nSPS) is 30.9. The van der Waals surface area contributed by atoms with Crippen LogP contribution >= 0.6 is 0 Å². The molecule has 0 aromatic carbocycles. The van der Waals surface area contributed by atoms with Crippen molar-refractivity contribution in [3.63, 3.8) is 0 Å². The molecular weight excluding hydrogens is 240 g/mol. The Balaban J connectivity index is 1.65. The summed E-state index contributed by atoms with van der Waals surface area (Å²) in [4.78, 5) is 2.47. The molecule has 0 aliphatic carbocycles. The van der Waals surface area contributed by atoms with E-state index in [0.717, 1.165) is 45.6 Å². The number of ether oxygens (including phenoxy) is 2. The highest BCUT2D eigenvalue weighted by atomic mass is 16.5. The van der Waals surface area contributed by atoms with Gasteiger partial charge in [-0.1, -0.05) is 0 Å². The molecule has 2 aliphatic heterocycles. The molecule has 0 saturated carbocycles. The van der Waals surface area contributed by atoms with E-state index in [2.05, 4.69) is 18.7 Å². The molecule has 2 aliphatic rings. The second-order valence-corrected chi connectivity index (χ2v) is 6.23. The lowest BCUT2D eigenvalue weighted by Crippen LogP contribution is -2.52. The van der Waals surface area contributed by atoms with Crippen LogP contribution in [0.5, 0.6) is 0 Å². The second-order valence-electron chi connectivity index (χ2n) is 6.23. The van der Waals surface area contributed by atoms with Gasteiger partial charge in [0.25, 0.3) is 0 Å². The molecule has 3 atom stereocenters. The highest BCUT2D eigenvalue weighted by molar-refractivity contribution is 4.82. The summed E-state index contributed by atoms with van der Waals surface area (Å²) in [6.07, 6.45) is 6.53. The summed E-state index contributed by atoms with van der Waals surface area (Å²) in [7, 11) is 0. The second kappa shape index (κ2) is 7.58. The Morgan fingerprint density at radius 3 is 2.79 bits per heavy atom. The molecule has 2 saturated heterocycles. The Morgan fingerprint density at radius 1 is 1.26 bits per heavy atom. The molecule has 2 N–H and O–H groups in total. The van der Waals surface area contributed by atoms with Gasteiger partial charge in [-0.2, -0.15) is 0 Å². The molecule has 2 fully saturated rings. The maximum absolute atomic E-state index is 6.30. The molecule has 2 rings (SSSR count). The Bertz CT molecular complexity index is 255. The highest BCUT2D eigenvalue weighted by Gasteiger charge is 2.27. The third-order valence-corrected chi connectivity index (χ3v) is 4.42. The van der Waals surface area contributed by atoms with Crippen molar-refractivity contribution in [3.05, 3.63) is 0 Å². The van der Waals surface area contributed by atoms with Gasteiger partial charge in [0.05, 0.1) is 18.8 Å². The number of hydrogen-bond acceptors (Lipinski definition) is 4. The van der Waals surface area contributed by atoms with Gasteiger partial charge >= 0.3 is 0 Å². The number of morpholine rings is 1. The van der Waals surface area contributed by atoms with Crippen molar-refractivity contribution in [1.29, 1.82) is 0 Å². The van der Waals surface area contributed by atoms with Gasteiger partial charge in [-0.3, -0.25) is 4.90 Å². The Labute approximate surface area is 117 Å². The summed E-state index contributed by atoms with van der Waals surface area (Å²) in [6.45, 7) is 8.28. The van der Waals surface area contributed by atoms with Crippen molar-refractivity contribution in [2.75, 3.05) is 26.3 Å². The predicted octanol–water partition coefficient (Wildman–Crippen LogP) is 1.77. The fraction of sp³-hybridized carbons (Fsp3) is 1.00. The minimum atomic E-state index is 0.169. The molecule has 0 spiro atoms. The fourth-order valence-corrected chi connectivity index (χ4v) is 3.06. The first-order valence-electron chi connectivity index (χ1n) is 7.89. The summed E-state index contributed by atoms with van der Waals surface area (Å²) in [5, 5.41) is 0. The van der Waals surface area contributed by atoms with Crippen LogP contribution in [0.4, 0.5) is 0 Å². The van der Waals surface area contributed by atoms with Crippen LogP contribution in [-0.4, -0.2) is 55.5 Å². The topological polar surface area (TPSA) is 47.7 Å². The molecule has 0 amide bonds. The van der Waals surface area contributed by atoms with Crippen molar-refractivity contribution in [3.8, 4) is 0 Å². The van der Waals surface area contributed by atoms with Gasteiger partial charge in [-0.15, -0.1) is 0 Å². The van der Waals surface area contributed by atoms with Gasteiger partial charge < -0.3 is 15.2 Å². The van der Waals surface area contributed by atoms with Gasteiger partial charge in [-0.05, 0) is 46.0 Å². The predicted molar refractivity (Wildman–Crippen MR) is 77.2 cm³/mol. The Hall–Kier alpha value is -0.160. The molecule has 0 aromatic rings. The standard InChI is InChI=1S/C15H30N2O2/c1-12(2)17-8-10-19-15(11-17)14(16)7-3-5-13-6-4-9-18-13/h12-15H,3-11,16H2,1-2H3. The largest absolute Gasteiger partial charge is 0.378 e. The van der Waals surface area contributed by atoms with Crippen molar-refractivity contribution >= 4 is 0 Å². The van der Waals surface area contributed by atoms with E-state index in [1.54, 1.807) is 0 Å². The van der Waals surface area contributed by atoms with E-state index >= 15 is 0 Å². The molecule has 0 aromatic heterocycles. The van der Waals surface area contributed by atoms with Crippen LogP contribution in [0, 0.1) is 0 Å². The summed E-state index contributed by atoms with van der Waals surface area (Å²) in [6, 6.07) is 0.758. The number of nitrogens with zero attached hydrogens (tertiary/aromatic N) is 1. The lowest BCUT2D eigenvalue weighted by Gasteiger charge is -2.38. The van der Waals surface area contributed by atoms with Crippen molar-refractivity contribution in [2.45, 2.75) is 70.2 Å². The first-order chi connectivity index (χ1) is 9.16. The molecule has 112 valence electrons. The number of hydrogen-bond donors (Lipinski definition) is 1. The molecule has 3 unspecified atom stereocenters. The maximum Gasteiger partial charge on any atom is 0.0853 e. The summed E-state index contributed by atoms with van der Waals surface area (Å²) in [5.41, 5.74) is 6.30. The van der Waals surface area contributed by atoms with Crippen LogP contribution in [0.15, 0.2) is 0 Å². The van der Waals surface area contributed by atoms with E-state index in [-0.39, 0.29) is 12.1 Å². The van der Waals surface area contributed by atoms with E-state index in [0.29, 0.717) is 12.1 Å². The molecule has 0 radical (unpaired) electrons. The van der Waals surface area contributed by atoms with Crippen molar-refractivity contribution in [1.82, 2.24) is 4.90 Å². The fourth-order valence-electron chi connectivity index (χ4n) is 3.06. The van der Waals surface area contributed by atoms with Crippen LogP contribution in [0.3, 0.4) is 0 Å². The Kier molecular flexibility index (Phi) is 6.07. The maximum atomic E-state index is 6.30. The average molecular weight is 270 g/mol. The van der Waals surface area contributed by atoms with Crippen LogP contribution in [0.25, 0.3) is 0 Å². The number of rotatable bonds is 6. The van der Waals surface area contributed by atoms with Crippen molar-refractivity contribution < 1.29 is 9.47 Å². The summed E-state index contributed by atoms with van der Waals surface area (Å²) >= 11 is 0. The summed E-state index contributed by atoms with van der Waals surface area (Å²) in [5.74, 6) is 0. The van der Waals surface area contributed by atoms with E-state index in [4.69, 9.17) is 15.2 Å². The first kappa shape index (κ1) is 15.2. The van der Waals surface area contributed by atoms with Gasteiger partial charge in [0.2, 0.25) is 0 Å². The molecule has 19 heavy (non-hydrogen) atoms. The molecule has 2 heterocycles. The van der Waals surface area contributed by atoms with E-state index in [9.17, 15) is 0 Å². The summed E-state index contributed by atoms with van der Waals surface area (Å²) < 4.78 is 11.5. The molecular formula is C15H30N2O2. The van der Waals surface area contributed by atoms with E-state index in [1.165, 1.54) is 12.8 Å². The molecule has 4 heteroatoms. The third kappa shape index (κ3) is 4.71. The van der Waals surface area contributed by atoms with Gasteiger partial charge in [-0.25, -0.2) is 0 Å². The zero-order chi connectivity index (χ0) is 13.7. The highest BCUT2D eigenvalue weighted by Crippen LogP contribution is 2.19. The SMILES string of the molecule is CC(C)N1CCOC(C(N)CCCC2CCCO2)C1. The average Bonchev–Trinajstić information content (AvgIpc) is 2.92. The van der Waals surface area contributed by atoms with E-state index in [1.807, 2.05) is 0 Å². The molecule has 0 bridgehead atoms. The van der Waals surface area contributed by atoms with Crippen LogP contribution in [0.2, 0.25) is 0 Å². The van der Waals surface area contributed by atoms with Crippen LogP contribution in [-0.2, 0) is 9.47 Å². The van der Waals surface area contributed by atoms with Crippen molar-refractivity contribution in [2.24, 2.45) is 5.73 Å². The van der Waals surface area contributed by atoms with E-state index < -0.39 is 0 Å². The van der Waals surface area contributed by atoms with Crippen LogP contribution in [0.1, 0.15) is 46.0 Å². The lowest BCUT2D eigenvalue weighted by molar-refractivity contribution is -0.0512. The minimum Gasteiger partial charge on any atom is -0.378 e. The monoisotopic (exact) mass is 270 g/mol. The lowest BCUT2D eigenvalue weighted by atomic mass is 10.0. The molecule has 4 nitrogen and oxygen atoms in total. The first-order valence-corrected chi connectivity index (χ1v) is 7.89. The van der Waals surface area contributed by atoms with Gasteiger partial charge in [0, 0.05) is 31.8 Å². The zero-order valence-corrected chi connectivity index (χ0v) is 12.5. The smallest absolute Gasteiger partial charge is 0.0853 e. The number of nitrogens with two attached hydrogens (primary N) is 1. The quantitative estimate of drug-likeness (QED) is 0.799. The van der Waals surface area contributed by atoms with Gasteiger partial charge in [0.15, 0.2) is 0 Å².